The Balaban J connectivity index is 3.20. The largest absolute Gasteiger partial charge is 0.616 e. The van der Waals surface area contributed by atoms with Crippen LogP contribution in [0.1, 0.15) is 25.7 Å². The molecule has 98 valence electrons. The Labute approximate surface area is 97.0 Å². The molecular weight excluding hydrogens is 259 g/mol. The molecule has 0 rings (SSSR count). The highest BCUT2D eigenvalue weighted by Gasteiger charge is 2.35. The van der Waals surface area contributed by atoms with Gasteiger partial charge < -0.3 is 0 Å². The molecule has 7 heteroatoms. The van der Waals surface area contributed by atoms with E-state index in [0.29, 0.717) is 12.5 Å². The van der Waals surface area contributed by atoms with Crippen LogP contribution in [0.3, 0.4) is 0 Å². The maximum absolute atomic E-state index is 13.0. The topological polar surface area (TPSA) is 0 Å². The van der Waals surface area contributed by atoms with E-state index in [9.17, 15) is 21.1 Å². The van der Waals surface area contributed by atoms with Gasteiger partial charge in [-0.15, -0.1) is 0 Å². The van der Waals surface area contributed by atoms with Crippen molar-refractivity contribution in [2.75, 3.05) is 6.67 Å². The van der Waals surface area contributed by atoms with E-state index < -0.39 is 37.5 Å². The van der Waals surface area contributed by atoms with Crippen LogP contribution in [-0.4, -0.2) is 31.4 Å². The molecule has 0 spiro atoms. The Morgan fingerprint density at radius 3 is 2.31 bits per heavy atom. The molecule has 16 heavy (non-hydrogen) atoms. The van der Waals surface area contributed by atoms with Crippen LogP contribution >= 0.6 is 0 Å². The van der Waals surface area contributed by atoms with Crippen molar-refractivity contribution in [3.63, 3.8) is 0 Å². The quantitative estimate of drug-likeness (QED) is 0.247. The van der Waals surface area contributed by atoms with E-state index in [-0.39, 0.29) is 19.3 Å². The fourth-order valence-corrected chi connectivity index (χ4v) is 3.87. The summed E-state index contributed by atoms with van der Waals surface area (Å²) in [6.45, 7) is -0.488. The normalized spacial score (nSPS) is 14.8. The Hall–Kier alpha value is 0.0838. The third kappa shape index (κ3) is 12.2. The minimum Gasteiger partial charge on any atom is -0.251 e. The van der Waals surface area contributed by atoms with Crippen LogP contribution in [0.4, 0.5) is 21.1 Å². The third-order valence-electron chi connectivity index (χ3n) is 2.38. The second kappa shape index (κ2) is 9.15. The number of rotatable bonds is 10. The molecule has 0 saturated heterocycles. The number of hydrogen-bond acceptors (Lipinski definition) is 0. The molecule has 0 heterocycles. The maximum atomic E-state index is 13.0. The van der Waals surface area contributed by atoms with Crippen molar-refractivity contribution in [3.05, 3.63) is 0 Å². The lowest BCUT2D eigenvalue weighted by Crippen LogP contribution is -2.13. The predicted molar refractivity (Wildman–Crippen MR) is 61.4 cm³/mol. The van der Waals surface area contributed by atoms with Crippen LogP contribution < -0.4 is 0 Å². The molecule has 0 N–H and O–H groups in total. The molecule has 0 aliphatic rings. The Morgan fingerprint density at radius 2 is 1.75 bits per heavy atom. The first-order chi connectivity index (χ1) is 7.45. The first-order valence-electron chi connectivity index (χ1n) is 5.72. The van der Waals surface area contributed by atoms with E-state index in [4.69, 9.17) is 0 Å². The Bertz CT molecular complexity index is 162. The lowest BCUT2D eigenvalue weighted by atomic mass is 10.2. The number of unbranched alkanes of at least 4 members (excludes halogenated alkanes) is 1. The smallest absolute Gasteiger partial charge is 0.251 e. The van der Waals surface area contributed by atoms with Crippen molar-refractivity contribution >= 4 is 18.6 Å². The molecule has 0 nitrogen and oxygen atoms in total. The van der Waals surface area contributed by atoms with E-state index in [1.165, 1.54) is 0 Å². The molecule has 0 aromatic heterocycles. The zero-order chi connectivity index (χ0) is 12.4. The second-order valence-electron chi connectivity index (χ2n) is 4.00. The highest BCUT2D eigenvalue weighted by molar-refractivity contribution is 6.58. The SMILES string of the molecule is FCCCC(F)C[SiH2]CCCC[Si](F)(F)F. The summed E-state index contributed by atoms with van der Waals surface area (Å²) in [4.78, 5) is 0. The highest BCUT2D eigenvalue weighted by atomic mass is 28.5. The number of alkyl halides is 2. The molecule has 0 saturated carbocycles. The van der Waals surface area contributed by atoms with Gasteiger partial charge in [0, 0.05) is 15.6 Å². The summed E-state index contributed by atoms with van der Waals surface area (Å²) >= 11 is 0. The molecule has 0 radical (unpaired) electrons. The molecular formula is C9H19F5Si2. The summed E-state index contributed by atoms with van der Waals surface area (Å²) in [5, 5.41) is 0. The summed E-state index contributed by atoms with van der Waals surface area (Å²) in [7, 11) is -5.93. The minimum atomic E-state index is -5.36. The number of halogens is 5. The van der Waals surface area contributed by atoms with Gasteiger partial charge >= 0.3 is 9.08 Å². The molecule has 0 aliphatic heterocycles. The van der Waals surface area contributed by atoms with Gasteiger partial charge in [0.1, 0.15) is 0 Å². The van der Waals surface area contributed by atoms with Crippen molar-refractivity contribution in [3.8, 4) is 0 Å². The summed E-state index contributed by atoms with van der Waals surface area (Å²) in [5.41, 5.74) is 0. The van der Waals surface area contributed by atoms with E-state index in [2.05, 4.69) is 0 Å². The average Bonchev–Trinajstić information content (AvgIpc) is 2.18. The van der Waals surface area contributed by atoms with Crippen LogP contribution in [0.5, 0.6) is 0 Å². The molecule has 0 aromatic carbocycles. The molecule has 1 atom stereocenters. The monoisotopic (exact) mass is 278 g/mol. The zero-order valence-electron chi connectivity index (χ0n) is 9.33. The summed E-state index contributed by atoms with van der Waals surface area (Å²) in [5.74, 6) is 0. The van der Waals surface area contributed by atoms with Gasteiger partial charge in [-0.3, -0.25) is 4.39 Å². The average molecular weight is 278 g/mol. The van der Waals surface area contributed by atoms with Crippen LogP contribution in [0, 0.1) is 0 Å². The lowest BCUT2D eigenvalue weighted by molar-refractivity contribution is 0.316. The van der Waals surface area contributed by atoms with E-state index in [1.807, 2.05) is 0 Å². The molecule has 0 amide bonds. The summed E-state index contributed by atoms with van der Waals surface area (Å²) in [6, 6.07) is 0.673. The van der Waals surface area contributed by atoms with E-state index >= 15 is 0 Å². The van der Waals surface area contributed by atoms with Crippen molar-refractivity contribution in [1.29, 1.82) is 0 Å². The summed E-state index contributed by atoms with van der Waals surface area (Å²) < 4.78 is 60.3. The Kier molecular flexibility index (Phi) is 9.20. The van der Waals surface area contributed by atoms with Crippen molar-refractivity contribution in [1.82, 2.24) is 0 Å². The number of hydrogen-bond donors (Lipinski definition) is 0. The lowest BCUT2D eigenvalue weighted by Gasteiger charge is -2.06. The van der Waals surface area contributed by atoms with Gasteiger partial charge in [0.05, 0.1) is 12.8 Å². The predicted octanol–water partition coefficient (Wildman–Crippen LogP) is 3.71. The maximum Gasteiger partial charge on any atom is 0.616 e. The van der Waals surface area contributed by atoms with Crippen molar-refractivity contribution in [2.45, 2.75) is 50.0 Å². The molecule has 0 aromatic rings. The minimum absolute atomic E-state index is 0.212. The van der Waals surface area contributed by atoms with Gasteiger partial charge in [-0.2, -0.15) is 0 Å². The first kappa shape index (κ1) is 16.1. The fourth-order valence-electron chi connectivity index (χ4n) is 1.49. The second-order valence-corrected chi connectivity index (χ2v) is 7.72. The van der Waals surface area contributed by atoms with E-state index in [0.717, 1.165) is 6.04 Å². The Morgan fingerprint density at radius 1 is 1.06 bits per heavy atom. The fraction of sp³-hybridized carbons (Fsp3) is 1.00. The van der Waals surface area contributed by atoms with Gasteiger partial charge in [0.15, 0.2) is 0 Å². The first-order valence-corrected chi connectivity index (χ1v) is 9.56. The van der Waals surface area contributed by atoms with Crippen LogP contribution in [0.2, 0.25) is 18.1 Å². The standard InChI is InChI=1S/C9H19F5Si2/c10-5-3-4-9(11)8-15-6-1-2-7-16(12,13)14/h9H,1-8,15H2. The van der Waals surface area contributed by atoms with Gasteiger partial charge in [-0.1, -0.05) is 12.5 Å². The van der Waals surface area contributed by atoms with Crippen LogP contribution in [-0.2, 0) is 0 Å². The van der Waals surface area contributed by atoms with Gasteiger partial charge in [-0.25, -0.2) is 16.7 Å². The van der Waals surface area contributed by atoms with Gasteiger partial charge in [0.25, 0.3) is 0 Å². The van der Waals surface area contributed by atoms with E-state index in [1.54, 1.807) is 0 Å². The van der Waals surface area contributed by atoms with Gasteiger partial charge in [0.2, 0.25) is 0 Å². The van der Waals surface area contributed by atoms with Crippen LogP contribution in [0.15, 0.2) is 0 Å². The third-order valence-corrected chi connectivity index (χ3v) is 5.33. The molecule has 0 aliphatic carbocycles. The van der Waals surface area contributed by atoms with Gasteiger partial charge in [-0.05, 0) is 25.3 Å². The van der Waals surface area contributed by atoms with Crippen molar-refractivity contribution < 1.29 is 21.1 Å². The summed E-state index contributed by atoms with van der Waals surface area (Å²) in [6.07, 6.45) is 0.381. The van der Waals surface area contributed by atoms with Crippen molar-refractivity contribution in [2.24, 2.45) is 0 Å². The zero-order valence-corrected chi connectivity index (χ0v) is 11.7. The molecule has 0 fully saturated rings. The van der Waals surface area contributed by atoms with Crippen LogP contribution in [0.25, 0.3) is 0 Å². The molecule has 0 bridgehead atoms. The highest BCUT2D eigenvalue weighted by Crippen LogP contribution is 2.19. The molecule has 1 unspecified atom stereocenters.